The van der Waals surface area contributed by atoms with Crippen molar-refractivity contribution < 1.29 is 14.4 Å². The van der Waals surface area contributed by atoms with Gasteiger partial charge in [0.05, 0.1) is 0 Å². The largest absolute Gasteiger partial charge is 0.368 e. The number of piperazine rings is 1. The number of carbonyl (C=O) groups is 3. The Morgan fingerprint density at radius 3 is 2.13 bits per heavy atom. The first-order valence-electron chi connectivity index (χ1n) is 10.4. The van der Waals surface area contributed by atoms with Crippen molar-refractivity contribution in [3.05, 3.63) is 65.2 Å². The van der Waals surface area contributed by atoms with Gasteiger partial charge in [0.15, 0.2) is 0 Å². The summed E-state index contributed by atoms with van der Waals surface area (Å²) in [6, 6.07) is 16.7. The number of carbonyl (C=O) groups excluding carboxylic acids is 3. The van der Waals surface area contributed by atoms with Crippen LogP contribution < -0.4 is 15.5 Å². The van der Waals surface area contributed by atoms with Crippen LogP contribution in [0.3, 0.4) is 0 Å². The second kappa shape index (κ2) is 11.4. The van der Waals surface area contributed by atoms with E-state index >= 15 is 0 Å². The van der Waals surface area contributed by atoms with E-state index in [2.05, 4.69) is 27.7 Å². The van der Waals surface area contributed by atoms with Gasteiger partial charge in [0, 0.05) is 68.4 Å². The van der Waals surface area contributed by atoms with Crippen molar-refractivity contribution in [1.29, 1.82) is 0 Å². The summed E-state index contributed by atoms with van der Waals surface area (Å²) in [7, 11) is 0. The summed E-state index contributed by atoms with van der Waals surface area (Å²) in [6.07, 6.45) is 0.428. The topological polar surface area (TPSA) is 81.8 Å². The van der Waals surface area contributed by atoms with E-state index in [1.54, 1.807) is 24.3 Å². The number of benzene rings is 2. The highest BCUT2D eigenvalue weighted by atomic mass is 35.5. The first-order chi connectivity index (χ1) is 15.0. The molecule has 2 aromatic rings. The van der Waals surface area contributed by atoms with Gasteiger partial charge in [-0.25, -0.2) is 0 Å². The number of rotatable bonds is 8. The van der Waals surface area contributed by atoms with Crippen molar-refractivity contribution in [2.75, 3.05) is 44.2 Å². The van der Waals surface area contributed by atoms with E-state index < -0.39 is 0 Å². The highest BCUT2D eigenvalue weighted by Crippen LogP contribution is 2.15. The van der Waals surface area contributed by atoms with Gasteiger partial charge in [0.1, 0.15) is 0 Å². The maximum absolute atomic E-state index is 12.4. The molecule has 2 N–H and O–H groups in total. The van der Waals surface area contributed by atoms with Gasteiger partial charge in [0.2, 0.25) is 11.8 Å². The first kappa shape index (κ1) is 22.6. The Morgan fingerprint density at radius 1 is 0.806 bits per heavy atom. The molecule has 0 saturated carbocycles. The van der Waals surface area contributed by atoms with Crippen molar-refractivity contribution in [2.45, 2.75) is 12.8 Å². The Hall–Kier alpha value is -3.06. The zero-order valence-corrected chi connectivity index (χ0v) is 18.1. The fourth-order valence-corrected chi connectivity index (χ4v) is 3.53. The Labute approximate surface area is 187 Å². The van der Waals surface area contributed by atoms with E-state index in [0.29, 0.717) is 30.2 Å². The van der Waals surface area contributed by atoms with Gasteiger partial charge in [-0.2, -0.15) is 0 Å². The fraction of sp³-hybridized carbons (Fsp3) is 0.348. The number of para-hydroxylation sites is 1. The molecule has 3 rings (SSSR count). The van der Waals surface area contributed by atoms with Crippen LogP contribution in [-0.4, -0.2) is 61.9 Å². The van der Waals surface area contributed by atoms with Crippen molar-refractivity contribution in [1.82, 2.24) is 15.5 Å². The number of hydrogen-bond donors (Lipinski definition) is 2. The second-order valence-electron chi connectivity index (χ2n) is 7.32. The highest BCUT2D eigenvalue weighted by Gasteiger charge is 2.21. The molecular formula is C23H27ClN4O3. The maximum atomic E-state index is 12.4. The average Bonchev–Trinajstić information content (AvgIpc) is 2.80. The summed E-state index contributed by atoms with van der Waals surface area (Å²) in [6.45, 7) is 3.48. The van der Waals surface area contributed by atoms with Crippen LogP contribution in [0.15, 0.2) is 54.6 Å². The lowest BCUT2D eigenvalue weighted by atomic mass is 10.2. The van der Waals surface area contributed by atoms with E-state index in [1.807, 2.05) is 23.1 Å². The van der Waals surface area contributed by atoms with Crippen LogP contribution in [0.25, 0.3) is 0 Å². The molecule has 1 aliphatic heterocycles. The molecular weight excluding hydrogens is 416 g/mol. The molecule has 1 fully saturated rings. The molecule has 1 heterocycles. The molecule has 0 aromatic heterocycles. The van der Waals surface area contributed by atoms with Gasteiger partial charge in [-0.05, 0) is 36.4 Å². The molecule has 1 aliphatic rings. The summed E-state index contributed by atoms with van der Waals surface area (Å²) >= 11 is 5.80. The predicted molar refractivity (Wildman–Crippen MR) is 121 cm³/mol. The van der Waals surface area contributed by atoms with Crippen LogP contribution in [0.1, 0.15) is 23.2 Å². The molecule has 0 aliphatic carbocycles. The Morgan fingerprint density at radius 2 is 1.45 bits per heavy atom. The van der Waals surface area contributed by atoms with Gasteiger partial charge >= 0.3 is 0 Å². The summed E-state index contributed by atoms with van der Waals surface area (Å²) < 4.78 is 0. The minimum Gasteiger partial charge on any atom is -0.368 e. The molecule has 0 radical (unpaired) electrons. The first-order valence-corrected chi connectivity index (χ1v) is 10.8. The van der Waals surface area contributed by atoms with Gasteiger partial charge < -0.3 is 20.4 Å². The van der Waals surface area contributed by atoms with E-state index in [0.717, 1.165) is 13.1 Å². The third kappa shape index (κ3) is 7.00. The third-order valence-electron chi connectivity index (χ3n) is 5.16. The smallest absolute Gasteiger partial charge is 0.251 e. The van der Waals surface area contributed by atoms with Gasteiger partial charge in [-0.1, -0.05) is 29.8 Å². The van der Waals surface area contributed by atoms with E-state index in [-0.39, 0.29) is 37.1 Å². The third-order valence-corrected chi connectivity index (χ3v) is 5.41. The fourth-order valence-electron chi connectivity index (χ4n) is 3.40. The number of halogens is 1. The lowest BCUT2D eigenvalue weighted by molar-refractivity contribution is -0.131. The van der Waals surface area contributed by atoms with Crippen molar-refractivity contribution >= 4 is 35.0 Å². The molecule has 1 saturated heterocycles. The molecule has 2 aromatic carbocycles. The van der Waals surface area contributed by atoms with Crippen LogP contribution in [-0.2, 0) is 9.59 Å². The standard InChI is InChI=1S/C23H27ClN4O3/c24-19-8-6-18(7-9-19)23(31)26-12-10-21(29)25-13-11-22(30)28-16-14-27(15-17-28)20-4-2-1-3-5-20/h1-9H,10-17H2,(H,25,29)(H,26,31). The number of nitrogens with one attached hydrogen (secondary N) is 2. The lowest BCUT2D eigenvalue weighted by Gasteiger charge is -2.36. The molecule has 0 unspecified atom stereocenters. The van der Waals surface area contributed by atoms with Crippen molar-refractivity contribution in [3.63, 3.8) is 0 Å². The van der Waals surface area contributed by atoms with Crippen LogP contribution in [0.2, 0.25) is 5.02 Å². The van der Waals surface area contributed by atoms with Crippen molar-refractivity contribution in [3.8, 4) is 0 Å². The summed E-state index contributed by atoms with van der Waals surface area (Å²) in [5, 5.41) is 6.00. The minimum atomic E-state index is -0.255. The van der Waals surface area contributed by atoms with Crippen LogP contribution in [0.5, 0.6) is 0 Å². The maximum Gasteiger partial charge on any atom is 0.251 e. The van der Waals surface area contributed by atoms with Gasteiger partial charge in [-0.15, -0.1) is 0 Å². The lowest BCUT2D eigenvalue weighted by Crippen LogP contribution is -2.49. The second-order valence-corrected chi connectivity index (χ2v) is 7.75. The average molecular weight is 443 g/mol. The van der Waals surface area contributed by atoms with Crippen molar-refractivity contribution in [2.24, 2.45) is 0 Å². The Bertz CT molecular complexity index is 881. The summed E-state index contributed by atoms with van der Waals surface area (Å²) in [5.41, 5.74) is 1.66. The highest BCUT2D eigenvalue weighted by molar-refractivity contribution is 6.30. The number of amides is 3. The Balaban J connectivity index is 1.28. The molecule has 3 amide bonds. The Kier molecular flexibility index (Phi) is 8.29. The monoisotopic (exact) mass is 442 g/mol. The molecule has 0 spiro atoms. The molecule has 0 atom stereocenters. The quantitative estimate of drug-likeness (QED) is 0.657. The van der Waals surface area contributed by atoms with E-state index in [4.69, 9.17) is 11.6 Å². The minimum absolute atomic E-state index is 0.0454. The number of anilines is 1. The van der Waals surface area contributed by atoms with E-state index in [9.17, 15) is 14.4 Å². The molecule has 7 nitrogen and oxygen atoms in total. The van der Waals surface area contributed by atoms with Gasteiger partial charge in [-0.3, -0.25) is 14.4 Å². The molecule has 31 heavy (non-hydrogen) atoms. The van der Waals surface area contributed by atoms with Crippen LogP contribution >= 0.6 is 11.6 Å². The van der Waals surface area contributed by atoms with Gasteiger partial charge in [0.25, 0.3) is 5.91 Å². The van der Waals surface area contributed by atoms with Crippen LogP contribution in [0, 0.1) is 0 Å². The number of hydrogen-bond acceptors (Lipinski definition) is 4. The zero-order chi connectivity index (χ0) is 22.1. The molecule has 164 valence electrons. The zero-order valence-electron chi connectivity index (χ0n) is 17.4. The summed E-state index contributed by atoms with van der Waals surface area (Å²) in [4.78, 5) is 40.5. The van der Waals surface area contributed by atoms with E-state index in [1.165, 1.54) is 5.69 Å². The predicted octanol–water partition coefficient (Wildman–Crippen LogP) is 2.32. The normalized spacial score (nSPS) is 13.6. The molecule has 0 bridgehead atoms. The summed E-state index contributed by atoms with van der Waals surface area (Å²) in [5.74, 6) is -0.406. The van der Waals surface area contributed by atoms with Crippen LogP contribution in [0.4, 0.5) is 5.69 Å². The number of nitrogens with zero attached hydrogens (tertiary/aromatic N) is 2. The molecule has 8 heteroatoms. The SMILES string of the molecule is O=C(CCNC(=O)c1ccc(Cl)cc1)NCCC(=O)N1CCN(c2ccccc2)CC1.